The summed E-state index contributed by atoms with van der Waals surface area (Å²) < 4.78 is 16.9. The predicted octanol–water partition coefficient (Wildman–Crippen LogP) is 18.8. The number of aliphatic hydroxyl groups is 1. The first kappa shape index (κ1) is 66.5. The van der Waals surface area contributed by atoms with Gasteiger partial charge in [0.25, 0.3) is 0 Å². The Morgan fingerprint density at radius 1 is 0.288 bits per heavy atom. The van der Waals surface area contributed by atoms with Crippen molar-refractivity contribution in [2.24, 2.45) is 0 Å². The summed E-state index contributed by atoms with van der Waals surface area (Å²) in [5.74, 6) is -0.832. The van der Waals surface area contributed by atoms with E-state index in [4.69, 9.17) is 19.3 Å². The van der Waals surface area contributed by atoms with E-state index in [-0.39, 0.29) is 37.7 Å². The summed E-state index contributed by atoms with van der Waals surface area (Å²) >= 11 is 0. The van der Waals surface area contributed by atoms with Gasteiger partial charge in [0.1, 0.15) is 13.2 Å². The van der Waals surface area contributed by atoms with E-state index in [1.807, 2.05) is 0 Å². The van der Waals surface area contributed by atoms with E-state index < -0.39 is 6.10 Å². The second-order valence-electron chi connectivity index (χ2n) is 19.9. The fraction of sp³-hybridized carbons (Fsp3) is 0.949. The molecule has 0 spiro atoms. The molecule has 0 atom stereocenters. The Labute approximate surface area is 412 Å². The molecule has 0 saturated heterocycles. The number of ether oxygens (including phenoxy) is 3. The number of unbranched alkanes of at least 4 members (excludes halogenated alkanes) is 42. The Hall–Kier alpha value is -1.63. The van der Waals surface area contributed by atoms with E-state index in [1.54, 1.807) is 6.92 Å². The molecule has 66 heavy (non-hydrogen) atoms. The maximum Gasteiger partial charge on any atom is 0.306 e. The summed E-state index contributed by atoms with van der Waals surface area (Å²) in [6.07, 6.45) is 58.0. The van der Waals surface area contributed by atoms with Crippen LogP contribution in [-0.2, 0) is 28.6 Å². The topological polar surface area (TPSA) is 99.1 Å². The minimum absolute atomic E-state index is 0.0611. The molecule has 0 unspecified atom stereocenters. The third-order valence-corrected chi connectivity index (χ3v) is 13.1. The normalized spacial score (nSPS) is 11.2. The number of hydrogen-bond donors (Lipinski definition) is 1. The molecule has 7 heteroatoms. The molecule has 0 aromatic rings. The zero-order valence-electron chi connectivity index (χ0n) is 45.0. The molecule has 0 aliphatic heterocycles. The molecule has 0 heterocycles. The Morgan fingerprint density at radius 3 is 0.652 bits per heavy atom. The van der Waals surface area contributed by atoms with Crippen LogP contribution < -0.4 is 0 Å². The average molecular weight is 938 g/mol. The van der Waals surface area contributed by atoms with Gasteiger partial charge < -0.3 is 19.3 Å². The molecule has 0 amide bonds. The van der Waals surface area contributed by atoms with Crippen LogP contribution in [0.3, 0.4) is 0 Å². The first-order valence-corrected chi connectivity index (χ1v) is 29.6. The maximum absolute atomic E-state index is 12.8. The van der Waals surface area contributed by atoms with Crippen LogP contribution in [0.1, 0.15) is 336 Å². The highest BCUT2D eigenvalue weighted by Crippen LogP contribution is 2.18. The summed E-state index contributed by atoms with van der Waals surface area (Å²) in [7, 11) is 0. The fourth-order valence-electron chi connectivity index (χ4n) is 8.80. The summed E-state index contributed by atoms with van der Waals surface area (Å²) in [6.45, 7) is 8.64. The van der Waals surface area contributed by atoms with Crippen LogP contribution in [0.4, 0.5) is 0 Å². The smallest absolute Gasteiger partial charge is 0.306 e. The van der Waals surface area contributed by atoms with Crippen LogP contribution in [0.25, 0.3) is 0 Å². The lowest BCUT2D eigenvalue weighted by atomic mass is 10.0. The van der Waals surface area contributed by atoms with Crippen LogP contribution >= 0.6 is 0 Å². The van der Waals surface area contributed by atoms with Crippen LogP contribution in [-0.4, -0.2) is 48.9 Å². The predicted molar refractivity (Wildman–Crippen MR) is 283 cm³/mol. The minimum Gasteiger partial charge on any atom is -0.462 e. The lowest BCUT2D eigenvalue weighted by Crippen LogP contribution is -2.30. The highest BCUT2D eigenvalue weighted by Gasteiger charge is 2.19. The molecule has 0 aromatic heterocycles. The van der Waals surface area contributed by atoms with Crippen molar-refractivity contribution in [2.75, 3.05) is 19.8 Å². The molecule has 0 saturated carbocycles. The highest BCUT2D eigenvalue weighted by atomic mass is 16.6. The van der Waals surface area contributed by atoms with Crippen LogP contribution in [0.15, 0.2) is 0 Å². The van der Waals surface area contributed by atoms with Crippen molar-refractivity contribution in [3.63, 3.8) is 0 Å². The molecule has 0 aliphatic carbocycles. The average Bonchev–Trinajstić information content (AvgIpc) is 3.31. The number of carbonyl (C=O) groups excluding carboxylic acids is 3. The Morgan fingerprint density at radius 2 is 0.455 bits per heavy atom. The summed E-state index contributed by atoms with van der Waals surface area (Å²) in [6, 6.07) is 0. The van der Waals surface area contributed by atoms with Gasteiger partial charge in [-0.2, -0.15) is 0 Å². The van der Waals surface area contributed by atoms with Crippen LogP contribution in [0.5, 0.6) is 0 Å². The molecule has 394 valence electrons. The van der Waals surface area contributed by atoms with Gasteiger partial charge in [0, 0.05) is 25.9 Å². The van der Waals surface area contributed by atoms with Gasteiger partial charge in [0.05, 0.1) is 0 Å². The van der Waals surface area contributed by atoms with Gasteiger partial charge in [0.2, 0.25) is 0 Å². The SMILES string of the molecule is CCCCCCCCCCCCCCCCCC(=O)OCC(COC(=O)CCCCCCCCCCCCCCCCC)OC(=O)CCCCCCCCCCCCCCCCC.CCO. The van der Waals surface area contributed by atoms with E-state index in [0.717, 1.165) is 57.8 Å². The van der Waals surface area contributed by atoms with Crippen molar-refractivity contribution in [1.29, 1.82) is 0 Å². The van der Waals surface area contributed by atoms with Crippen molar-refractivity contribution in [2.45, 2.75) is 342 Å². The van der Waals surface area contributed by atoms with Gasteiger partial charge in [-0.05, 0) is 26.2 Å². The lowest BCUT2D eigenvalue weighted by molar-refractivity contribution is -0.167. The maximum atomic E-state index is 12.8. The Bertz CT molecular complexity index is 905. The van der Waals surface area contributed by atoms with Gasteiger partial charge in [-0.1, -0.05) is 290 Å². The van der Waals surface area contributed by atoms with Gasteiger partial charge in [-0.15, -0.1) is 0 Å². The van der Waals surface area contributed by atoms with Gasteiger partial charge >= 0.3 is 17.9 Å². The summed E-state index contributed by atoms with van der Waals surface area (Å²) in [5.41, 5.74) is 0. The second-order valence-corrected chi connectivity index (χ2v) is 19.9. The molecular formula is C59H116O7. The molecule has 0 aromatic carbocycles. The quantitative estimate of drug-likeness (QED) is 0.0368. The zero-order chi connectivity index (χ0) is 48.5. The Balaban J connectivity index is 0. The molecule has 0 aliphatic rings. The van der Waals surface area contributed by atoms with E-state index in [2.05, 4.69) is 20.8 Å². The third-order valence-electron chi connectivity index (χ3n) is 13.1. The van der Waals surface area contributed by atoms with Crippen molar-refractivity contribution in [3.8, 4) is 0 Å². The van der Waals surface area contributed by atoms with E-state index >= 15 is 0 Å². The van der Waals surface area contributed by atoms with Gasteiger partial charge in [-0.3, -0.25) is 14.4 Å². The lowest BCUT2D eigenvalue weighted by Gasteiger charge is -2.18. The number of rotatable bonds is 53. The van der Waals surface area contributed by atoms with Crippen molar-refractivity contribution >= 4 is 17.9 Å². The zero-order valence-corrected chi connectivity index (χ0v) is 45.0. The van der Waals surface area contributed by atoms with E-state index in [0.29, 0.717) is 19.3 Å². The van der Waals surface area contributed by atoms with Gasteiger partial charge in [-0.25, -0.2) is 0 Å². The number of carbonyl (C=O) groups is 3. The molecular weight excluding hydrogens is 821 g/mol. The second kappa shape index (κ2) is 59.5. The standard InChI is InChI=1S/C57H110O6.C2H6O/c1-4-7-10-13-16-19-22-25-28-31-34-37-40-43-46-49-55(58)61-52-54(63-57(60)51-48-45-42-39-36-33-30-27-24-21-18-15-12-9-6-3)53-62-56(59)50-47-44-41-38-35-32-29-26-23-20-17-14-11-8-5-2;1-2-3/h54H,4-53H2,1-3H3;3H,2H2,1H3. The Kier molecular flexibility index (Phi) is 59.9. The van der Waals surface area contributed by atoms with E-state index in [9.17, 15) is 14.4 Å². The van der Waals surface area contributed by atoms with E-state index in [1.165, 1.54) is 231 Å². The summed E-state index contributed by atoms with van der Waals surface area (Å²) in [4.78, 5) is 38.1. The first-order chi connectivity index (χ1) is 32.4. The van der Waals surface area contributed by atoms with Crippen molar-refractivity contribution in [1.82, 2.24) is 0 Å². The third kappa shape index (κ3) is 58.5. The van der Waals surface area contributed by atoms with Crippen molar-refractivity contribution < 1.29 is 33.7 Å². The molecule has 0 bridgehead atoms. The van der Waals surface area contributed by atoms with Crippen LogP contribution in [0, 0.1) is 0 Å². The fourth-order valence-corrected chi connectivity index (χ4v) is 8.80. The van der Waals surface area contributed by atoms with Gasteiger partial charge in [0.15, 0.2) is 6.10 Å². The first-order valence-electron chi connectivity index (χ1n) is 29.6. The largest absolute Gasteiger partial charge is 0.462 e. The van der Waals surface area contributed by atoms with Crippen molar-refractivity contribution in [3.05, 3.63) is 0 Å². The molecule has 1 N–H and O–H groups in total. The number of esters is 3. The monoisotopic (exact) mass is 937 g/mol. The highest BCUT2D eigenvalue weighted by molar-refractivity contribution is 5.71. The van der Waals surface area contributed by atoms with Crippen LogP contribution in [0.2, 0.25) is 0 Å². The minimum atomic E-state index is -0.760. The number of hydrogen-bond acceptors (Lipinski definition) is 7. The molecule has 0 fully saturated rings. The molecule has 0 radical (unpaired) electrons. The summed E-state index contributed by atoms with van der Waals surface area (Å²) in [5, 5.41) is 7.57. The molecule has 0 rings (SSSR count). The number of aliphatic hydroxyl groups excluding tert-OH is 1. The molecule has 7 nitrogen and oxygen atoms in total.